The van der Waals surface area contributed by atoms with Crippen molar-refractivity contribution in [1.82, 2.24) is 5.32 Å². The lowest BCUT2D eigenvalue weighted by Gasteiger charge is -2.23. The highest BCUT2D eigenvalue weighted by molar-refractivity contribution is 14.1. The maximum absolute atomic E-state index is 13.5. The Morgan fingerprint density at radius 2 is 1.95 bits per heavy atom. The maximum atomic E-state index is 13.5. The first-order valence-electron chi connectivity index (χ1n) is 12.8. The smallest absolute Gasteiger partial charge is 0.254 e. The van der Waals surface area contributed by atoms with Crippen molar-refractivity contribution in [2.75, 3.05) is 0 Å². The van der Waals surface area contributed by atoms with Gasteiger partial charge in [-0.1, -0.05) is 65.0 Å². The van der Waals surface area contributed by atoms with Gasteiger partial charge in [0, 0.05) is 37.8 Å². The minimum atomic E-state index is 0.0393. The Morgan fingerprint density at radius 3 is 2.76 bits per heavy atom. The van der Waals surface area contributed by atoms with Crippen molar-refractivity contribution in [3.8, 4) is 5.75 Å². The van der Waals surface area contributed by atoms with Crippen molar-refractivity contribution >= 4 is 78.6 Å². The summed E-state index contributed by atoms with van der Waals surface area (Å²) in [5.41, 5.74) is 3.77. The van der Waals surface area contributed by atoms with Gasteiger partial charge in [0.1, 0.15) is 17.4 Å². The van der Waals surface area contributed by atoms with Gasteiger partial charge in [0.05, 0.1) is 9.13 Å². The Balaban J connectivity index is 1.44. The largest absolute Gasteiger partial charge is 0.487 e. The molecule has 1 amide bonds. The van der Waals surface area contributed by atoms with Crippen LogP contribution in [0.15, 0.2) is 45.9 Å². The van der Waals surface area contributed by atoms with E-state index in [0.29, 0.717) is 11.6 Å². The van der Waals surface area contributed by atoms with Crippen molar-refractivity contribution in [3.63, 3.8) is 0 Å². The highest BCUT2D eigenvalue weighted by Gasteiger charge is 2.27. The summed E-state index contributed by atoms with van der Waals surface area (Å²) in [6.45, 7) is 0.362. The van der Waals surface area contributed by atoms with Gasteiger partial charge in [-0.25, -0.2) is 4.99 Å². The number of aliphatic imine (C=N–C) groups is 1. The average molecular weight is 712 g/mol. The van der Waals surface area contributed by atoms with Gasteiger partial charge in [0.2, 0.25) is 0 Å². The molecular weight excluding hydrogens is 683 g/mol. The molecule has 0 unspecified atom stereocenters. The molecule has 194 valence electrons. The van der Waals surface area contributed by atoms with Crippen LogP contribution < -0.4 is 10.1 Å². The Morgan fingerprint density at radius 1 is 1.16 bits per heavy atom. The van der Waals surface area contributed by atoms with Crippen LogP contribution in [0.5, 0.6) is 5.75 Å². The second kappa shape index (κ2) is 12.6. The van der Waals surface area contributed by atoms with Gasteiger partial charge in [-0.05, 0) is 84.9 Å². The number of fused-ring (bicyclic) bond motifs is 1. The molecule has 1 heterocycles. The molecule has 8 heteroatoms. The van der Waals surface area contributed by atoms with Crippen molar-refractivity contribution in [2.45, 2.75) is 70.4 Å². The van der Waals surface area contributed by atoms with E-state index in [2.05, 4.69) is 43.8 Å². The molecule has 0 saturated heterocycles. The second-order valence-electron chi connectivity index (χ2n) is 9.64. The van der Waals surface area contributed by atoms with Gasteiger partial charge in [0.15, 0.2) is 0 Å². The van der Waals surface area contributed by atoms with E-state index in [1.807, 2.05) is 42.6 Å². The van der Waals surface area contributed by atoms with Crippen LogP contribution in [0.1, 0.15) is 76.9 Å². The van der Waals surface area contributed by atoms with Crippen LogP contribution in [0, 0.1) is 3.57 Å². The summed E-state index contributed by atoms with van der Waals surface area (Å²) in [6, 6.07) is 12.0. The van der Waals surface area contributed by atoms with Crippen molar-refractivity contribution < 1.29 is 9.53 Å². The Labute approximate surface area is 249 Å². The van der Waals surface area contributed by atoms with Crippen LogP contribution >= 0.6 is 61.5 Å². The third kappa shape index (κ3) is 6.60. The third-order valence-corrected chi connectivity index (χ3v) is 9.84. The Bertz CT molecular complexity index is 1320. The monoisotopic (exact) mass is 710 g/mol. The summed E-state index contributed by atoms with van der Waals surface area (Å²) < 4.78 is 8.18. The number of amides is 1. The first-order chi connectivity index (χ1) is 18.0. The van der Waals surface area contributed by atoms with Gasteiger partial charge in [-0.2, -0.15) is 0 Å². The highest BCUT2D eigenvalue weighted by atomic mass is 127. The maximum Gasteiger partial charge on any atom is 0.254 e. The summed E-state index contributed by atoms with van der Waals surface area (Å²) >= 11 is 13.9. The first kappa shape index (κ1) is 27.2. The zero-order valence-electron chi connectivity index (χ0n) is 20.5. The standard InChI is InChI=1S/C29H29BrClIN2O2S/c30-20-14-19(27(24(32)15-20)36-17-18-8-4-6-12-23(18)31)16-33-29-26(22-11-5-7-13-25(22)37-29)28(35)34-21-9-2-1-3-10-21/h4,6,8,12,14-16,21H,1-3,5,7,9-11,13,17H2,(H,34,35). The fraction of sp³-hybridized carbons (Fsp3) is 0.379. The molecule has 3 aromatic rings. The number of carbonyl (C=O) groups excluding carboxylic acids is 1. The Kier molecular flexibility index (Phi) is 9.27. The molecule has 0 spiro atoms. The van der Waals surface area contributed by atoms with Crippen molar-refractivity contribution in [2.24, 2.45) is 4.99 Å². The molecule has 0 radical (unpaired) electrons. The van der Waals surface area contributed by atoms with Crippen LogP contribution in [0.3, 0.4) is 0 Å². The predicted molar refractivity (Wildman–Crippen MR) is 165 cm³/mol. The number of aryl methyl sites for hydroxylation is 1. The molecule has 0 atom stereocenters. The number of thiophene rings is 1. The van der Waals surface area contributed by atoms with E-state index in [1.165, 1.54) is 36.1 Å². The molecule has 37 heavy (non-hydrogen) atoms. The summed E-state index contributed by atoms with van der Waals surface area (Å²) in [5, 5.41) is 4.81. The molecule has 0 aliphatic heterocycles. The minimum absolute atomic E-state index is 0.0393. The lowest BCUT2D eigenvalue weighted by atomic mass is 9.93. The summed E-state index contributed by atoms with van der Waals surface area (Å²) in [5.74, 6) is 0.791. The number of nitrogens with zero attached hydrogens (tertiary/aromatic N) is 1. The lowest BCUT2D eigenvalue weighted by Crippen LogP contribution is -2.36. The summed E-state index contributed by atoms with van der Waals surface area (Å²) in [4.78, 5) is 19.7. The molecule has 1 aromatic heterocycles. The van der Waals surface area contributed by atoms with E-state index in [0.717, 1.165) is 67.6 Å². The molecule has 2 aliphatic carbocycles. The number of nitrogens with one attached hydrogen (secondary N) is 1. The number of ether oxygens (including phenoxy) is 1. The first-order valence-corrected chi connectivity index (χ1v) is 15.9. The summed E-state index contributed by atoms with van der Waals surface area (Å²) in [7, 11) is 0. The van der Waals surface area contributed by atoms with Crippen LogP contribution in [-0.4, -0.2) is 18.2 Å². The fourth-order valence-electron chi connectivity index (χ4n) is 5.10. The number of carbonyl (C=O) groups is 1. The molecule has 1 saturated carbocycles. The zero-order valence-corrected chi connectivity index (χ0v) is 25.8. The van der Waals surface area contributed by atoms with E-state index in [-0.39, 0.29) is 11.9 Å². The SMILES string of the molecule is O=C(NC1CCCCC1)c1c(N=Cc2cc(Br)cc(I)c2OCc2ccccc2Cl)sc2c1CCCC2. The van der Waals surface area contributed by atoms with E-state index < -0.39 is 0 Å². The van der Waals surface area contributed by atoms with Gasteiger partial charge in [0.25, 0.3) is 5.91 Å². The van der Waals surface area contributed by atoms with Gasteiger partial charge in [-0.3, -0.25) is 4.79 Å². The highest BCUT2D eigenvalue weighted by Crippen LogP contribution is 2.40. The number of hydrogen-bond acceptors (Lipinski definition) is 4. The predicted octanol–water partition coefficient (Wildman–Crippen LogP) is 9.04. The molecule has 1 N–H and O–H groups in total. The topological polar surface area (TPSA) is 50.7 Å². The Hall–Kier alpha value is -1.42. The second-order valence-corrected chi connectivity index (χ2v) is 13.2. The van der Waals surface area contributed by atoms with Gasteiger partial charge in [-0.15, -0.1) is 11.3 Å². The van der Waals surface area contributed by atoms with Crippen molar-refractivity contribution in [3.05, 3.63) is 76.6 Å². The third-order valence-electron chi connectivity index (χ3n) is 7.01. The van der Waals surface area contributed by atoms with E-state index in [1.54, 1.807) is 11.3 Å². The summed E-state index contributed by atoms with van der Waals surface area (Å²) in [6.07, 6.45) is 11.9. The quantitative estimate of drug-likeness (QED) is 0.197. The van der Waals surface area contributed by atoms with Crippen LogP contribution in [0.25, 0.3) is 0 Å². The molecule has 2 aromatic carbocycles. The zero-order chi connectivity index (χ0) is 25.8. The van der Waals surface area contributed by atoms with E-state index >= 15 is 0 Å². The molecule has 2 aliphatic rings. The number of rotatable bonds is 7. The van der Waals surface area contributed by atoms with Crippen LogP contribution in [-0.2, 0) is 19.4 Å². The van der Waals surface area contributed by atoms with E-state index in [9.17, 15) is 4.79 Å². The number of halogens is 3. The molecule has 1 fully saturated rings. The molecule has 4 nitrogen and oxygen atoms in total. The molecule has 0 bridgehead atoms. The van der Waals surface area contributed by atoms with Crippen molar-refractivity contribution in [1.29, 1.82) is 0 Å². The number of benzene rings is 2. The van der Waals surface area contributed by atoms with Crippen LogP contribution in [0.4, 0.5) is 5.00 Å². The average Bonchev–Trinajstić information content (AvgIpc) is 3.27. The number of hydrogen-bond donors (Lipinski definition) is 1. The fourth-order valence-corrected chi connectivity index (χ4v) is 8.23. The van der Waals surface area contributed by atoms with Gasteiger partial charge >= 0.3 is 0 Å². The normalized spacial score (nSPS) is 16.1. The van der Waals surface area contributed by atoms with Crippen LogP contribution in [0.2, 0.25) is 5.02 Å². The van der Waals surface area contributed by atoms with E-state index in [4.69, 9.17) is 21.3 Å². The minimum Gasteiger partial charge on any atom is -0.487 e. The molecular formula is C29H29BrClIN2O2S. The molecule has 5 rings (SSSR count). The van der Waals surface area contributed by atoms with Gasteiger partial charge < -0.3 is 10.1 Å². The lowest BCUT2D eigenvalue weighted by molar-refractivity contribution is 0.0927.